The molecule has 30 heavy (non-hydrogen) atoms. The van der Waals surface area contributed by atoms with Crippen molar-refractivity contribution in [1.82, 2.24) is 10.5 Å². The predicted octanol–water partition coefficient (Wildman–Crippen LogP) is 2.76. The molecule has 0 aliphatic carbocycles. The topological polar surface area (TPSA) is 111 Å². The Morgan fingerprint density at radius 3 is 2.80 bits per heavy atom. The van der Waals surface area contributed by atoms with Crippen LogP contribution in [0.4, 0.5) is 5.82 Å². The van der Waals surface area contributed by atoms with Crippen molar-refractivity contribution >= 4 is 21.7 Å². The normalized spacial score (nSPS) is 15.7. The summed E-state index contributed by atoms with van der Waals surface area (Å²) in [7, 11) is -3.90. The van der Waals surface area contributed by atoms with E-state index >= 15 is 0 Å². The van der Waals surface area contributed by atoms with Crippen LogP contribution in [0.3, 0.4) is 0 Å². The molecule has 2 heterocycles. The molecule has 1 amide bonds. The summed E-state index contributed by atoms with van der Waals surface area (Å²) in [6.07, 6.45) is 0.811. The molecular formula is C21H21N3O5S. The molecule has 0 fully saturated rings. The Kier molecular flexibility index (Phi) is 5.45. The van der Waals surface area contributed by atoms with Crippen molar-refractivity contribution in [3.63, 3.8) is 0 Å². The minimum absolute atomic E-state index is 0.0364. The highest BCUT2D eigenvalue weighted by molar-refractivity contribution is 7.92. The average molecular weight is 427 g/mol. The molecule has 0 bridgehead atoms. The van der Waals surface area contributed by atoms with E-state index in [1.54, 1.807) is 13.0 Å². The number of anilines is 1. The zero-order valence-electron chi connectivity index (χ0n) is 16.3. The van der Waals surface area contributed by atoms with Gasteiger partial charge in [0.2, 0.25) is 0 Å². The number of hydrogen-bond acceptors (Lipinski definition) is 6. The van der Waals surface area contributed by atoms with E-state index in [2.05, 4.69) is 15.2 Å². The van der Waals surface area contributed by atoms with Gasteiger partial charge in [-0.25, -0.2) is 8.42 Å². The summed E-state index contributed by atoms with van der Waals surface area (Å²) in [4.78, 5) is 12.5. The summed E-state index contributed by atoms with van der Waals surface area (Å²) < 4.78 is 38.1. The van der Waals surface area contributed by atoms with Crippen LogP contribution in [0.5, 0.6) is 5.75 Å². The molecular weight excluding hydrogens is 406 g/mol. The molecule has 3 aromatic rings. The summed E-state index contributed by atoms with van der Waals surface area (Å²) in [5.74, 6) is 1.25. The predicted molar refractivity (Wildman–Crippen MR) is 110 cm³/mol. The second kappa shape index (κ2) is 8.19. The minimum Gasteiger partial charge on any atom is -0.493 e. The van der Waals surface area contributed by atoms with Crippen LogP contribution < -0.4 is 14.8 Å². The molecule has 1 unspecified atom stereocenters. The smallest absolute Gasteiger partial charge is 0.263 e. The first kappa shape index (κ1) is 20.0. The molecule has 1 aliphatic rings. The SMILES string of the molecule is Cc1cc(NS(=O)(=O)c2cccc(C(=O)NCC3COc4ccccc4C3)c2)no1. The third kappa shape index (κ3) is 4.46. The standard InChI is InChI=1S/C21H21N3O5S/c1-14-9-20(23-29-14)24-30(26,27)18-7-4-6-17(11-18)21(25)22-12-15-10-16-5-2-3-8-19(16)28-13-15/h2-9,11,15H,10,12-13H2,1H3,(H,22,25)(H,23,24). The number of hydrogen-bond donors (Lipinski definition) is 2. The minimum atomic E-state index is -3.90. The monoisotopic (exact) mass is 427 g/mol. The van der Waals surface area contributed by atoms with E-state index in [4.69, 9.17) is 9.26 Å². The Bertz CT molecular complexity index is 1170. The van der Waals surface area contributed by atoms with Gasteiger partial charge in [-0.05, 0) is 43.2 Å². The van der Waals surface area contributed by atoms with Crippen LogP contribution in [0, 0.1) is 12.8 Å². The summed E-state index contributed by atoms with van der Waals surface area (Å²) in [6, 6.07) is 15.2. The van der Waals surface area contributed by atoms with Crippen molar-refractivity contribution in [2.75, 3.05) is 17.9 Å². The van der Waals surface area contributed by atoms with Crippen LogP contribution >= 0.6 is 0 Å². The lowest BCUT2D eigenvalue weighted by atomic mass is 9.96. The van der Waals surface area contributed by atoms with E-state index < -0.39 is 10.0 Å². The van der Waals surface area contributed by atoms with Crippen molar-refractivity contribution in [2.24, 2.45) is 5.92 Å². The number of nitrogens with one attached hydrogen (secondary N) is 2. The zero-order valence-corrected chi connectivity index (χ0v) is 17.1. The molecule has 1 atom stereocenters. The van der Waals surface area contributed by atoms with Gasteiger partial charge in [0.1, 0.15) is 11.5 Å². The number of fused-ring (bicyclic) bond motifs is 1. The maximum absolute atomic E-state index is 12.6. The van der Waals surface area contributed by atoms with Crippen molar-refractivity contribution < 1.29 is 22.5 Å². The molecule has 0 saturated heterocycles. The fourth-order valence-corrected chi connectivity index (χ4v) is 4.31. The molecule has 1 aliphatic heterocycles. The Labute approximate surface area is 174 Å². The number of amides is 1. The van der Waals surface area contributed by atoms with Crippen LogP contribution in [0.15, 0.2) is 64.0 Å². The van der Waals surface area contributed by atoms with Gasteiger partial charge in [0, 0.05) is 24.1 Å². The molecule has 2 N–H and O–H groups in total. The first-order valence-corrected chi connectivity index (χ1v) is 10.9. The number of sulfonamides is 1. The Morgan fingerprint density at radius 2 is 2.00 bits per heavy atom. The summed E-state index contributed by atoms with van der Waals surface area (Å²) in [5.41, 5.74) is 1.37. The number of para-hydroxylation sites is 1. The van der Waals surface area contributed by atoms with E-state index in [1.807, 2.05) is 24.3 Å². The maximum atomic E-state index is 12.6. The van der Waals surface area contributed by atoms with Gasteiger partial charge in [-0.15, -0.1) is 0 Å². The molecule has 8 nitrogen and oxygen atoms in total. The molecule has 0 saturated carbocycles. The van der Waals surface area contributed by atoms with Gasteiger partial charge in [-0.2, -0.15) is 0 Å². The van der Waals surface area contributed by atoms with Crippen molar-refractivity contribution in [3.8, 4) is 5.75 Å². The number of carbonyl (C=O) groups excluding carboxylic acids is 1. The number of benzene rings is 2. The summed E-state index contributed by atoms with van der Waals surface area (Å²) >= 11 is 0. The zero-order chi connectivity index (χ0) is 21.1. The molecule has 156 valence electrons. The number of aryl methyl sites for hydroxylation is 1. The highest BCUT2D eigenvalue weighted by atomic mass is 32.2. The van der Waals surface area contributed by atoms with E-state index in [0.29, 0.717) is 18.9 Å². The largest absolute Gasteiger partial charge is 0.493 e. The van der Waals surface area contributed by atoms with Crippen LogP contribution in [0.1, 0.15) is 21.7 Å². The van der Waals surface area contributed by atoms with Crippen molar-refractivity contribution in [3.05, 3.63) is 71.5 Å². The molecule has 0 spiro atoms. The summed E-state index contributed by atoms with van der Waals surface area (Å²) in [5, 5.41) is 6.49. The molecule has 0 radical (unpaired) electrons. The van der Waals surface area contributed by atoms with Gasteiger partial charge < -0.3 is 14.6 Å². The first-order chi connectivity index (χ1) is 14.4. The number of ether oxygens (including phenoxy) is 1. The summed E-state index contributed by atoms with van der Waals surface area (Å²) in [6.45, 7) is 2.61. The van der Waals surface area contributed by atoms with Crippen LogP contribution in [0.2, 0.25) is 0 Å². The lowest BCUT2D eigenvalue weighted by Crippen LogP contribution is -2.34. The highest BCUT2D eigenvalue weighted by Gasteiger charge is 2.21. The lowest BCUT2D eigenvalue weighted by Gasteiger charge is -2.25. The van der Waals surface area contributed by atoms with Crippen molar-refractivity contribution in [1.29, 1.82) is 0 Å². The fraction of sp³-hybridized carbons (Fsp3) is 0.238. The van der Waals surface area contributed by atoms with Crippen molar-refractivity contribution in [2.45, 2.75) is 18.2 Å². The van der Waals surface area contributed by atoms with E-state index in [9.17, 15) is 13.2 Å². The molecule has 4 rings (SSSR count). The third-order valence-electron chi connectivity index (χ3n) is 4.78. The lowest BCUT2D eigenvalue weighted by molar-refractivity contribution is 0.0939. The first-order valence-electron chi connectivity index (χ1n) is 9.46. The maximum Gasteiger partial charge on any atom is 0.263 e. The Balaban J connectivity index is 1.40. The van der Waals surface area contributed by atoms with E-state index in [-0.39, 0.29) is 28.1 Å². The second-order valence-corrected chi connectivity index (χ2v) is 8.84. The van der Waals surface area contributed by atoms with Gasteiger partial charge in [-0.3, -0.25) is 9.52 Å². The number of rotatable bonds is 6. The van der Waals surface area contributed by atoms with Gasteiger partial charge in [0.25, 0.3) is 15.9 Å². The van der Waals surface area contributed by atoms with E-state index in [0.717, 1.165) is 17.7 Å². The molecule has 1 aromatic heterocycles. The quantitative estimate of drug-likeness (QED) is 0.626. The van der Waals surface area contributed by atoms with Gasteiger partial charge in [0.05, 0.1) is 11.5 Å². The van der Waals surface area contributed by atoms with Crippen LogP contribution in [0.25, 0.3) is 0 Å². The fourth-order valence-electron chi connectivity index (χ4n) is 3.28. The molecule has 2 aromatic carbocycles. The average Bonchev–Trinajstić information content (AvgIpc) is 3.15. The van der Waals surface area contributed by atoms with Crippen LogP contribution in [-0.2, 0) is 16.4 Å². The Hall–Kier alpha value is -3.33. The Morgan fingerprint density at radius 1 is 1.17 bits per heavy atom. The van der Waals surface area contributed by atoms with Gasteiger partial charge in [-0.1, -0.05) is 29.4 Å². The van der Waals surface area contributed by atoms with Gasteiger partial charge >= 0.3 is 0 Å². The second-order valence-electron chi connectivity index (χ2n) is 7.16. The number of carbonyl (C=O) groups is 1. The third-order valence-corrected chi connectivity index (χ3v) is 6.13. The number of nitrogens with zero attached hydrogens (tertiary/aromatic N) is 1. The van der Waals surface area contributed by atoms with Gasteiger partial charge in [0.15, 0.2) is 5.82 Å². The molecule has 9 heteroatoms. The van der Waals surface area contributed by atoms with Crippen LogP contribution in [-0.4, -0.2) is 32.6 Å². The highest BCUT2D eigenvalue weighted by Crippen LogP contribution is 2.26. The number of aromatic nitrogens is 1. The van der Waals surface area contributed by atoms with E-state index in [1.165, 1.54) is 24.3 Å².